The standard InChI is InChI=1S/C9H7Cl2NOS/c10-7-4-6-3-5(1-2-13)8(11)12-9(6)14-7/h3-4,13H,1-2H2. The van der Waals surface area contributed by atoms with E-state index in [9.17, 15) is 0 Å². The van der Waals surface area contributed by atoms with Crippen molar-refractivity contribution in [3.63, 3.8) is 0 Å². The summed E-state index contributed by atoms with van der Waals surface area (Å²) in [5, 5.41) is 10.2. The van der Waals surface area contributed by atoms with Gasteiger partial charge in [0.2, 0.25) is 0 Å². The predicted molar refractivity (Wildman–Crippen MR) is 60.4 cm³/mol. The van der Waals surface area contributed by atoms with Crippen LogP contribution in [0.2, 0.25) is 9.49 Å². The monoisotopic (exact) mass is 247 g/mol. The summed E-state index contributed by atoms with van der Waals surface area (Å²) in [5.74, 6) is 0. The molecule has 74 valence electrons. The summed E-state index contributed by atoms with van der Waals surface area (Å²) < 4.78 is 0.699. The molecule has 2 rings (SSSR count). The van der Waals surface area contributed by atoms with E-state index >= 15 is 0 Å². The molecule has 0 spiro atoms. The molecule has 2 aromatic rings. The Hall–Kier alpha value is -0.350. The van der Waals surface area contributed by atoms with E-state index < -0.39 is 0 Å². The minimum atomic E-state index is 0.0742. The van der Waals surface area contributed by atoms with E-state index in [-0.39, 0.29) is 6.61 Å². The SMILES string of the molecule is OCCc1cc2cc(Cl)sc2nc1Cl. The van der Waals surface area contributed by atoms with Gasteiger partial charge in [-0.1, -0.05) is 23.2 Å². The van der Waals surface area contributed by atoms with Gasteiger partial charge in [0, 0.05) is 12.0 Å². The van der Waals surface area contributed by atoms with Gasteiger partial charge in [-0.3, -0.25) is 0 Å². The summed E-state index contributed by atoms with van der Waals surface area (Å²) >= 11 is 13.2. The van der Waals surface area contributed by atoms with Gasteiger partial charge in [0.05, 0.1) is 4.34 Å². The molecule has 0 aliphatic carbocycles. The van der Waals surface area contributed by atoms with E-state index in [2.05, 4.69) is 4.98 Å². The number of aliphatic hydroxyl groups is 1. The molecule has 1 N–H and O–H groups in total. The molecular weight excluding hydrogens is 241 g/mol. The van der Waals surface area contributed by atoms with Gasteiger partial charge in [0.1, 0.15) is 9.98 Å². The third kappa shape index (κ3) is 1.86. The van der Waals surface area contributed by atoms with Gasteiger partial charge in [0.15, 0.2) is 0 Å². The molecule has 0 saturated carbocycles. The fourth-order valence-corrected chi connectivity index (χ4v) is 2.62. The Morgan fingerprint density at radius 3 is 2.86 bits per heavy atom. The van der Waals surface area contributed by atoms with Crippen LogP contribution in [0.25, 0.3) is 10.2 Å². The normalized spacial score (nSPS) is 11.1. The number of aromatic nitrogens is 1. The van der Waals surface area contributed by atoms with Gasteiger partial charge < -0.3 is 5.11 Å². The summed E-state index contributed by atoms with van der Waals surface area (Å²) in [7, 11) is 0. The van der Waals surface area contributed by atoms with E-state index in [4.69, 9.17) is 28.3 Å². The van der Waals surface area contributed by atoms with Crippen molar-refractivity contribution in [3.05, 3.63) is 27.2 Å². The Morgan fingerprint density at radius 1 is 1.36 bits per heavy atom. The Kier molecular flexibility index (Phi) is 2.93. The summed E-state index contributed by atoms with van der Waals surface area (Å²) in [5.41, 5.74) is 0.858. The Bertz CT molecular complexity index is 469. The zero-order valence-corrected chi connectivity index (χ0v) is 9.46. The van der Waals surface area contributed by atoms with Gasteiger partial charge in [0.25, 0.3) is 0 Å². The molecule has 0 amide bonds. The van der Waals surface area contributed by atoms with Crippen LogP contribution < -0.4 is 0 Å². The molecular formula is C9H7Cl2NOS. The highest BCUT2D eigenvalue weighted by molar-refractivity contribution is 7.22. The molecule has 0 aromatic carbocycles. The molecule has 0 aliphatic rings. The number of hydrogen-bond donors (Lipinski definition) is 1. The predicted octanol–water partition coefficient (Wildman–Crippen LogP) is 3.14. The van der Waals surface area contributed by atoms with E-state index in [1.54, 1.807) is 0 Å². The fraction of sp³-hybridized carbons (Fsp3) is 0.222. The first kappa shape index (κ1) is 10.2. The average Bonchev–Trinajstić information content (AvgIpc) is 2.45. The van der Waals surface area contributed by atoms with Gasteiger partial charge in [-0.25, -0.2) is 4.98 Å². The summed E-state index contributed by atoms with van der Waals surface area (Å²) in [6, 6.07) is 3.77. The topological polar surface area (TPSA) is 33.1 Å². The highest BCUT2D eigenvalue weighted by atomic mass is 35.5. The number of rotatable bonds is 2. The van der Waals surface area contributed by atoms with E-state index in [1.165, 1.54) is 11.3 Å². The van der Waals surface area contributed by atoms with Crippen LogP contribution in [-0.2, 0) is 6.42 Å². The lowest BCUT2D eigenvalue weighted by molar-refractivity contribution is 0.299. The Morgan fingerprint density at radius 2 is 2.14 bits per heavy atom. The van der Waals surface area contributed by atoms with Crippen molar-refractivity contribution < 1.29 is 5.11 Å². The van der Waals surface area contributed by atoms with Crippen LogP contribution in [0.1, 0.15) is 5.56 Å². The van der Waals surface area contributed by atoms with E-state index in [0.29, 0.717) is 15.9 Å². The molecule has 0 saturated heterocycles. The zero-order chi connectivity index (χ0) is 10.1. The number of nitrogens with zero attached hydrogens (tertiary/aromatic N) is 1. The van der Waals surface area contributed by atoms with Crippen LogP contribution in [0.4, 0.5) is 0 Å². The quantitative estimate of drug-likeness (QED) is 0.828. The molecule has 0 radical (unpaired) electrons. The van der Waals surface area contributed by atoms with Crippen LogP contribution in [0.15, 0.2) is 12.1 Å². The second-order valence-electron chi connectivity index (χ2n) is 2.86. The van der Waals surface area contributed by atoms with Gasteiger partial charge in [-0.05, 0) is 24.1 Å². The lowest BCUT2D eigenvalue weighted by atomic mass is 10.2. The summed E-state index contributed by atoms with van der Waals surface area (Å²) in [6.45, 7) is 0.0742. The molecule has 0 aliphatic heterocycles. The molecule has 0 bridgehead atoms. The molecule has 0 unspecified atom stereocenters. The third-order valence-corrected chi connectivity index (χ3v) is 3.39. The van der Waals surface area contributed by atoms with Crippen molar-refractivity contribution in [2.75, 3.05) is 6.61 Å². The molecule has 14 heavy (non-hydrogen) atoms. The first-order chi connectivity index (χ1) is 6.70. The number of halogens is 2. The highest BCUT2D eigenvalue weighted by Crippen LogP contribution is 2.30. The molecule has 0 atom stereocenters. The number of hydrogen-bond acceptors (Lipinski definition) is 3. The molecule has 2 aromatic heterocycles. The molecule has 2 nitrogen and oxygen atoms in total. The largest absolute Gasteiger partial charge is 0.396 e. The minimum absolute atomic E-state index is 0.0742. The minimum Gasteiger partial charge on any atom is -0.396 e. The first-order valence-corrected chi connectivity index (χ1v) is 5.63. The van der Waals surface area contributed by atoms with Crippen LogP contribution in [0.5, 0.6) is 0 Å². The van der Waals surface area contributed by atoms with Crippen molar-refractivity contribution in [2.45, 2.75) is 6.42 Å². The van der Waals surface area contributed by atoms with Crippen LogP contribution >= 0.6 is 34.5 Å². The molecule has 2 heterocycles. The first-order valence-electron chi connectivity index (χ1n) is 4.06. The zero-order valence-electron chi connectivity index (χ0n) is 7.13. The van der Waals surface area contributed by atoms with Crippen LogP contribution in [0.3, 0.4) is 0 Å². The molecule has 0 fully saturated rings. The highest BCUT2D eigenvalue weighted by Gasteiger charge is 2.07. The Balaban J connectivity index is 2.58. The summed E-state index contributed by atoms with van der Waals surface area (Å²) in [6.07, 6.45) is 0.523. The van der Waals surface area contributed by atoms with E-state index in [1.807, 2.05) is 12.1 Å². The number of fused-ring (bicyclic) bond motifs is 1. The van der Waals surface area contributed by atoms with Crippen molar-refractivity contribution >= 4 is 44.8 Å². The summed E-state index contributed by atoms with van der Waals surface area (Å²) in [4.78, 5) is 5.04. The smallest absolute Gasteiger partial charge is 0.134 e. The second-order valence-corrected chi connectivity index (χ2v) is 4.88. The van der Waals surface area contributed by atoms with Crippen molar-refractivity contribution in [3.8, 4) is 0 Å². The maximum absolute atomic E-state index is 8.81. The van der Waals surface area contributed by atoms with Crippen molar-refractivity contribution in [1.82, 2.24) is 4.98 Å². The van der Waals surface area contributed by atoms with Crippen LogP contribution in [0, 0.1) is 0 Å². The average molecular weight is 248 g/mol. The number of thiophene rings is 1. The number of aliphatic hydroxyl groups excluding tert-OH is 1. The lowest BCUT2D eigenvalue weighted by Gasteiger charge is -2.00. The van der Waals surface area contributed by atoms with Gasteiger partial charge in [-0.2, -0.15) is 0 Å². The second kappa shape index (κ2) is 4.03. The Labute approximate surface area is 95.1 Å². The third-order valence-electron chi connectivity index (χ3n) is 1.89. The molecule has 5 heteroatoms. The number of pyridine rings is 1. The maximum Gasteiger partial charge on any atom is 0.134 e. The van der Waals surface area contributed by atoms with Gasteiger partial charge >= 0.3 is 0 Å². The van der Waals surface area contributed by atoms with E-state index in [0.717, 1.165) is 15.8 Å². The fourth-order valence-electron chi connectivity index (χ4n) is 1.26. The van der Waals surface area contributed by atoms with Crippen molar-refractivity contribution in [2.24, 2.45) is 0 Å². The van der Waals surface area contributed by atoms with Gasteiger partial charge in [-0.15, -0.1) is 11.3 Å². The van der Waals surface area contributed by atoms with Crippen LogP contribution in [-0.4, -0.2) is 16.7 Å². The lowest BCUT2D eigenvalue weighted by Crippen LogP contribution is -1.93. The maximum atomic E-state index is 8.81. The van der Waals surface area contributed by atoms with Crippen molar-refractivity contribution in [1.29, 1.82) is 0 Å².